The summed E-state index contributed by atoms with van der Waals surface area (Å²) in [6, 6.07) is 0. The van der Waals surface area contributed by atoms with Gasteiger partial charge in [0.15, 0.2) is 11.7 Å². The molecule has 1 aliphatic rings. The topological polar surface area (TPSA) is 60.0 Å². The van der Waals surface area contributed by atoms with Crippen LogP contribution in [0.4, 0.5) is 0 Å². The first-order valence-electron chi connectivity index (χ1n) is 4.10. The van der Waals surface area contributed by atoms with Gasteiger partial charge in [-0.15, -0.1) is 0 Å². The number of carbonyl (C=O) groups excluding carboxylic acids is 2. The normalized spacial score (nSPS) is 30.0. The van der Waals surface area contributed by atoms with Gasteiger partial charge in [0.05, 0.1) is 26.1 Å². The lowest BCUT2D eigenvalue weighted by Gasteiger charge is -2.21. The number of Topliss-reactive ketones (excluding diaryl/α,β-unsaturated/α-hetero) is 1. The van der Waals surface area contributed by atoms with E-state index in [1.807, 2.05) is 12.2 Å². The second-order valence-electron chi connectivity index (χ2n) is 3.14. The van der Waals surface area contributed by atoms with Gasteiger partial charge in [-0.25, -0.2) is 0 Å². The molecule has 0 radical (unpaired) electrons. The fraction of sp³-hybridized carbons (Fsp3) is 0.750. The summed E-state index contributed by atoms with van der Waals surface area (Å²) in [6.45, 7) is 3.16. The van der Waals surface area contributed by atoms with Crippen molar-refractivity contribution in [2.75, 3.05) is 20.2 Å². The largest absolute Gasteiger partial charge is 0.468 e. The lowest BCUT2D eigenvalue weighted by Crippen LogP contribution is -2.90. The molecular formula is C8H14NO3+. The van der Waals surface area contributed by atoms with Gasteiger partial charge < -0.3 is 10.1 Å². The third-order valence-electron chi connectivity index (χ3n) is 2.24. The molecule has 0 saturated carbocycles. The molecule has 0 aromatic carbocycles. The molecular weight excluding hydrogens is 158 g/mol. The number of quaternary nitrogens is 1. The van der Waals surface area contributed by atoms with Crippen molar-refractivity contribution in [1.29, 1.82) is 0 Å². The number of rotatable bonds is 1. The highest BCUT2D eigenvalue weighted by atomic mass is 16.5. The van der Waals surface area contributed by atoms with Gasteiger partial charge >= 0.3 is 5.97 Å². The number of carbonyl (C=O) groups is 2. The average molecular weight is 172 g/mol. The molecule has 0 aromatic rings. The second kappa shape index (κ2) is 3.67. The molecule has 0 unspecified atom stereocenters. The number of ketones is 1. The van der Waals surface area contributed by atoms with Gasteiger partial charge in [0, 0.05) is 0 Å². The molecule has 1 rings (SSSR count). The first-order valence-corrected chi connectivity index (χ1v) is 4.10. The molecule has 4 nitrogen and oxygen atoms in total. The average Bonchev–Trinajstić information content (AvgIpc) is 2.08. The molecule has 1 heterocycles. The Kier molecular flexibility index (Phi) is 2.81. The van der Waals surface area contributed by atoms with Crippen LogP contribution in [0.15, 0.2) is 0 Å². The molecule has 0 bridgehead atoms. The number of esters is 1. The predicted molar refractivity (Wildman–Crippen MR) is 41.3 cm³/mol. The summed E-state index contributed by atoms with van der Waals surface area (Å²) in [5.41, 5.74) is 0. The molecule has 2 atom stereocenters. The summed E-state index contributed by atoms with van der Waals surface area (Å²) in [5, 5.41) is 1.98. The number of hydrogen-bond donors (Lipinski definition) is 1. The van der Waals surface area contributed by atoms with Crippen molar-refractivity contribution in [2.45, 2.75) is 6.92 Å². The van der Waals surface area contributed by atoms with Crippen molar-refractivity contribution in [2.24, 2.45) is 11.8 Å². The van der Waals surface area contributed by atoms with Crippen LogP contribution >= 0.6 is 0 Å². The Balaban J connectivity index is 2.64. The molecule has 1 fully saturated rings. The summed E-state index contributed by atoms with van der Waals surface area (Å²) < 4.78 is 4.53. The van der Waals surface area contributed by atoms with Gasteiger partial charge in [-0.3, -0.25) is 9.59 Å². The predicted octanol–water partition coefficient (Wildman–Crippen LogP) is -1.44. The van der Waals surface area contributed by atoms with E-state index in [9.17, 15) is 9.59 Å². The summed E-state index contributed by atoms with van der Waals surface area (Å²) in [6.07, 6.45) is 0. The minimum Gasteiger partial charge on any atom is -0.468 e. The molecule has 2 N–H and O–H groups in total. The van der Waals surface area contributed by atoms with Crippen molar-refractivity contribution in [3.8, 4) is 0 Å². The van der Waals surface area contributed by atoms with Crippen LogP contribution < -0.4 is 5.32 Å². The zero-order valence-electron chi connectivity index (χ0n) is 7.37. The van der Waals surface area contributed by atoms with Crippen LogP contribution in [-0.2, 0) is 14.3 Å². The van der Waals surface area contributed by atoms with Crippen LogP contribution in [0.1, 0.15) is 6.92 Å². The lowest BCUT2D eigenvalue weighted by molar-refractivity contribution is -0.665. The summed E-state index contributed by atoms with van der Waals surface area (Å²) in [4.78, 5) is 22.5. The fourth-order valence-corrected chi connectivity index (χ4v) is 1.44. The molecule has 0 amide bonds. The SMILES string of the molecule is COC(=O)[C@@H]1C[NH2+]C[C@H](C)C1=O. The summed E-state index contributed by atoms with van der Waals surface area (Å²) in [5.74, 6) is -0.950. The molecule has 4 heteroatoms. The number of hydrogen-bond acceptors (Lipinski definition) is 3. The number of nitrogens with two attached hydrogens (primary N) is 1. The zero-order valence-corrected chi connectivity index (χ0v) is 7.37. The first kappa shape index (κ1) is 9.19. The minimum absolute atomic E-state index is 0.0179. The van der Waals surface area contributed by atoms with E-state index >= 15 is 0 Å². The Labute approximate surface area is 71.3 Å². The lowest BCUT2D eigenvalue weighted by atomic mass is 9.90. The van der Waals surface area contributed by atoms with Crippen LogP contribution in [0, 0.1) is 11.8 Å². The Bertz CT molecular complexity index is 202. The number of ether oxygens (including phenoxy) is 1. The quantitative estimate of drug-likeness (QED) is 0.389. The second-order valence-corrected chi connectivity index (χ2v) is 3.14. The summed E-state index contributed by atoms with van der Waals surface area (Å²) in [7, 11) is 1.31. The Hall–Kier alpha value is -0.900. The van der Waals surface area contributed by atoms with Crippen LogP contribution in [0.5, 0.6) is 0 Å². The van der Waals surface area contributed by atoms with Crippen molar-refractivity contribution in [3.05, 3.63) is 0 Å². The van der Waals surface area contributed by atoms with Gasteiger partial charge in [0.2, 0.25) is 0 Å². The van der Waals surface area contributed by atoms with Gasteiger partial charge in [0.25, 0.3) is 0 Å². The zero-order chi connectivity index (χ0) is 9.14. The van der Waals surface area contributed by atoms with Gasteiger partial charge in [-0.05, 0) is 0 Å². The van der Waals surface area contributed by atoms with E-state index in [4.69, 9.17) is 0 Å². The number of methoxy groups -OCH3 is 1. The molecule has 12 heavy (non-hydrogen) atoms. The maximum Gasteiger partial charge on any atom is 0.322 e. The Morgan fingerprint density at radius 2 is 2.25 bits per heavy atom. The van der Waals surface area contributed by atoms with Crippen LogP contribution in [0.2, 0.25) is 0 Å². The van der Waals surface area contributed by atoms with E-state index in [1.165, 1.54) is 7.11 Å². The van der Waals surface area contributed by atoms with Crippen molar-refractivity contribution < 1.29 is 19.6 Å². The van der Waals surface area contributed by atoms with Gasteiger partial charge in [-0.1, -0.05) is 6.92 Å². The van der Waals surface area contributed by atoms with Crippen LogP contribution in [0.25, 0.3) is 0 Å². The molecule has 1 saturated heterocycles. The highest BCUT2D eigenvalue weighted by Gasteiger charge is 2.36. The Morgan fingerprint density at radius 3 is 2.83 bits per heavy atom. The smallest absolute Gasteiger partial charge is 0.322 e. The van der Waals surface area contributed by atoms with E-state index in [0.29, 0.717) is 6.54 Å². The third kappa shape index (κ3) is 1.64. The highest BCUT2D eigenvalue weighted by molar-refractivity contribution is 6.00. The van der Waals surface area contributed by atoms with Crippen molar-refractivity contribution >= 4 is 11.8 Å². The molecule has 0 spiro atoms. The molecule has 1 aliphatic heterocycles. The van der Waals surface area contributed by atoms with Gasteiger partial charge in [-0.2, -0.15) is 0 Å². The Morgan fingerprint density at radius 1 is 1.58 bits per heavy atom. The highest BCUT2D eigenvalue weighted by Crippen LogP contribution is 2.09. The van der Waals surface area contributed by atoms with Crippen molar-refractivity contribution in [1.82, 2.24) is 0 Å². The van der Waals surface area contributed by atoms with E-state index < -0.39 is 11.9 Å². The van der Waals surface area contributed by atoms with E-state index in [1.54, 1.807) is 0 Å². The van der Waals surface area contributed by atoms with E-state index in [-0.39, 0.29) is 11.7 Å². The maximum atomic E-state index is 11.4. The van der Waals surface area contributed by atoms with Crippen LogP contribution in [-0.4, -0.2) is 32.0 Å². The maximum absolute atomic E-state index is 11.4. The monoisotopic (exact) mass is 172 g/mol. The standard InChI is InChI=1S/C8H13NO3/c1-5-3-9-4-6(7(5)10)8(11)12-2/h5-6,9H,3-4H2,1-2H3/p+1/t5-,6+/m0/s1. The van der Waals surface area contributed by atoms with Crippen molar-refractivity contribution in [3.63, 3.8) is 0 Å². The first-order chi connectivity index (χ1) is 5.66. The summed E-state index contributed by atoms with van der Waals surface area (Å²) >= 11 is 0. The fourth-order valence-electron chi connectivity index (χ4n) is 1.44. The van der Waals surface area contributed by atoms with E-state index in [2.05, 4.69) is 4.74 Å². The van der Waals surface area contributed by atoms with Gasteiger partial charge in [0.1, 0.15) is 0 Å². The van der Waals surface area contributed by atoms with E-state index in [0.717, 1.165) is 6.54 Å². The third-order valence-corrected chi connectivity index (χ3v) is 2.24. The molecule has 0 aliphatic carbocycles. The molecule has 68 valence electrons. The van der Waals surface area contributed by atoms with Crippen LogP contribution in [0.3, 0.4) is 0 Å². The number of piperidine rings is 1. The molecule has 0 aromatic heterocycles. The minimum atomic E-state index is -0.543.